The number of nitrogens with one attached hydrogen (secondary N) is 1. The van der Waals surface area contributed by atoms with Crippen LogP contribution in [-0.2, 0) is 16.1 Å². The normalized spacial score (nSPS) is 20.2. The van der Waals surface area contributed by atoms with Crippen molar-refractivity contribution in [1.29, 1.82) is 0 Å². The summed E-state index contributed by atoms with van der Waals surface area (Å²) in [5.74, 6) is 0.159. The lowest BCUT2D eigenvalue weighted by Gasteiger charge is -2.36. The van der Waals surface area contributed by atoms with Crippen molar-refractivity contribution in [2.75, 3.05) is 31.5 Å². The molecule has 0 aliphatic carbocycles. The molecule has 2 aromatic rings. The van der Waals surface area contributed by atoms with Gasteiger partial charge in [0.2, 0.25) is 11.8 Å². The van der Waals surface area contributed by atoms with Crippen LogP contribution in [0, 0.1) is 17.7 Å². The Hall–Kier alpha value is -2.99. The molecular weight excluding hydrogens is 405 g/mol. The molecule has 6 heteroatoms. The second-order valence-electron chi connectivity index (χ2n) is 8.69. The number of carbonyl (C=O) groups excluding carboxylic acids is 2. The SMILES string of the molecule is O=C(CN1CCC(C2CC=CCN(Cc3ccccc3)C2=O)CC1)Nc1ccc(F)cc1. The molecule has 168 valence electrons. The standard InChI is InChI=1S/C26H30FN3O2/c27-22-9-11-23(12-10-22)28-25(31)19-29-16-13-21(14-17-29)24-8-4-5-15-30(26(24)32)18-20-6-2-1-3-7-20/h1-7,9-12,21,24H,8,13-19H2,(H,28,31). The van der Waals surface area contributed by atoms with Crippen LogP contribution in [0.4, 0.5) is 10.1 Å². The first-order valence-electron chi connectivity index (χ1n) is 11.3. The number of carbonyl (C=O) groups is 2. The summed E-state index contributed by atoms with van der Waals surface area (Å²) in [6, 6.07) is 15.9. The highest BCUT2D eigenvalue weighted by Gasteiger charge is 2.34. The maximum atomic E-state index is 13.3. The highest BCUT2D eigenvalue weighted by molar-refractivity contribution is 5.92. The van der Waals surface area contributed by atoms with Gasteiger partial charge in [-0.1, -0.05) is 42.5 Å². The first-order valence-corrected chi connectivity index (χ1v) is 11.3. The second kappa shape index (κ2) is 10.6. The van der Waals surface area contributed by atoms with E-state index >= 15 is 0 Å². The fourth-order valence-electron chi connectivity index (χ4n) is 4.66. The van der Waals surface area contributed by atoms with Gasteiger partial charge in [0.25, 0.3) is 0 Å². The highest BCUT2D eigenvalue weighted by atomic mass is 19.1. The van der Waals surface area contributed by atoms with E-state index in [2.05, 4.69) is 34.5 Å². The Kier molecular flexibility index (Phi) is 7.32. The van der Waals surface area contributed by atoms with Crippen LogP contribution in [-0.4, -0.2) is 47.8 Å². The quantitative estimate of drug-likeness (QED) is 0.696. The molecule has 2 amide bonds. The summed E-state index contributed by atoms with van der Waals surface area (Å²) in [6.07, 6.45) is 6.87. The van der Waals surface area contributed by atoms with E-state index < -0.39 is 0 Å². The van der Waals surface area contributed by atoms with Crippen molar-refractivity contribution in [3.63, 3.8) is 0 Å². The van der Waals surface area contributed by atoms with Gasteiger partial charge >= 0.3 is 0 Å². The second-order valence-corrected chi connectivity index (χ2v) is 8.69. The molecule has 1 atom stereocenters. The molecule has 1 unspecified atom stereocenters. The molecule has 2 aromatic carbocycles. The summed E-state index contributed by atoms with van der Waals surface area (Å²) in [6.45, 7) is 3.21. The maximum Gasteiger partial charge on any atom is 0.238 e. The van der Waals surface area contributed by atoms with Gasteiger partial charge in [0.05, 0.1) is 6.54 Å². The minimum atomic E-state index is -0.324. The number of nitrogens with zero attached hydrogens (tertiary/aromatic N) is 2. The van der Waals surface area contributed by atoms with E-state index in [0.717, 1.165) is 37.9 Å². The Morgan fingerprint density at radius 2 is 1.72 bits per heavy atom. The van der Waals surface area contributed by atoms with Gasteiger partial charge in [0.1, 0.15) is 5.82 Å². The van der Waals surface area contributed by atoms with Gasteiger partial charge in [-0.05, 0) is 68.1 Å². The van der Waals surface area contributed by atoms with Crippen molar-refractivity contribution in [2.24, 2.45) is 11.8 Å². The van der Waals surface area contributed by atoms with E-state index in [9.17, 15) is 14.0 Å². The van der Waals surface area contributed by atoms with Gasteiger partial charge in [0.15, 0.2) is 0 Å². The number of hydrogen-bond donors (Lipinski definition) is 1. The number of piperidine rings is 1. The minimum absolute atomic E-state index is 0.00709. The van der Waals surface area contributed by atoms with E-state index in [4.69, 9.17) is 0 Å². The molecule has 2 heterocycles. The number of benzene rings is 2. The highest BCUT2D eigenvalue weighted by Crippen LogP contribution is 2.31. The molecule has 4 rings (SSSR count). The molecule has 1 saturated heterocycles. The number of anilines is 1. The zero-order valence-corrected chi connectivity index (χ0v) is 18.3. The molecular formula is C26H30FN3O2. The topological polar surface area (TPSA) is 52.7 Å². The van der Waals surface area contributed by atoms with Crippen molar-refractivity contribution in [1.82, 2.24) is 9.80 Å². The third-order valence-corrected chi connectivity index (χ3v) is 6.42. The zero-order valence-electron chi connectivity index (χ0n) is 18.3. The van der Waals surface area contributed by atoms with Crippen molar-refractivity contribution < 1.29 is 14.0 Å². The average Bonchev–Trinajstić information content (AvgIpc) is 2.98. The summed E-state index contributed by atoms with van der Waals surface area (Å²) in [5, 5.41) is 2.82. The predicted molar refractivity (Wildman–Crippen MR) is 123 cm³/mol. The van der Waals surface area contributed by atoms with E-state index in [1.807, 2.05) is 23.1 Å². The van der Waals surface area contributed by atoms with Gasteiger partial charge < -0.3 is 10.2 Å². The van der Waals surface area contributed by atoms with Crippen molar-refractivity contribution in [3.8, 4) is 0 Å². The summed E-state index contributed by atoms with van der Waals surface area (Å²) in [7, 11) is 0. The maximum absolute atomic E-state index is 13.3. The number of rotatable bonds is 6. The van der Waals surface area contributed by atoms with E-state index in [-0.39, 0.29) is 23.5 Å². The number of allylic oxidation sites excluding steroid dienone is 1. The fraction of sp³-hybridized carbons (Fsp3) is 0.385. The van der Waals surface area contributed by atoms with Crippen LogP contribution in [0.25, 0.3) is 0 Å². The number of halogens is 1. The molecule has 5 nitrogen and oxygen atoms in total. The summed E-state index contributed by atoms with van der Waals surface area (Å²) >= 11 is 0. The Morgan fingerprint density at radius 1 is 1.00 bits per heavy atom. The summed E-state index contributed by atoms with van der Waals surface area (Å²) in [4.78, 5) is 29.8. The first-order chi connectivity index (χ1) is 15.6. The van der Waals surface area contributed by atoms with Gasteiger partial charge in [-0.25, -0.2) is 4.39 Å². The van der Waals surface area contributed by atoms with E-state index in [1.54, 1.807) is 12.1 Å². The number of likely N-dealkylation sites (tertiary alicyclic amines) is 1. The van der Waals surface area contributed by atoms with Crippen LogP contribution in [0.2, 0.25) is 0 Å². The Morgan fingerprint density at radius 3 is 2.44 bits per heavy atom. The number of amides is 2. The zero-order chi connectivity index (χ0) is 22.3. The lowest BCUT2D eigenvalue weighted by atomic mass is 9.81. The monoisotopic (exact) mass is 435 g/mol. The van der Waals surface area contributed by atoms with Crippen LogP contribution in [0.15, 0.2) is 66.7 Å². The molecule has 2 aliphatic rings. The van der Waals surface area contributed by atoms with E-state index in [0.29, 0.717) is 31.2 Å². The molecule has 1 N–H and O–H groups in total. The third-order valence-electron chi connectivity index (χ3n) is 6.42. The van der Waals surface area contributed by atoms with Crippen LogP contribution >= 0.6 is 0 Å². The summed E-state index contributed by atoms with van der Waals surface area (Å²) in [5.41, 5.74) is 1.75. The predicted octanol–water partition coefficient (Wildman–Crippen LogP) is 4.08. The fourth-order valence-corrected chi connectivity index (χ4v) is 4.66. The van der Waals surface area contributed by atoms with Crippen molar-refractivity contribution in [2.45, 2.75) is 25.8 Å². The summed E-state index contributed by atoms with van der Waals surface area (Å²) < 4.78 is 13.0. The smallest absolute Gasteiger partial charge is 0.238 e. The minimum Gasteiger partial charge on any atom is -0.334 e. The number of hydrogen-bond acceptors (Lipinski definition) is 3. The lowest BCUT2D eigenvalue weighted by Crippen LogP contribution is -2.44. The van der Waals surface area contributed by atoms with Crippen LogP contribution in [0.1, 0.15) is 24.8 Å². The molecule has 2 aliphatic heterocycles. The van der Waals surface area contributed by atoms with Gasteiger partial charge in [0, 0.05) is 24.7 Å². The van der Waals surface area contributed by atoms with Crippen molar-refractivity contribution >= 4 is 17.5 Å². The lowest BCUT2D eigenvalue weighted by molar-refractivity contribution is -0.138. The Bertz CT molecular complexity index is 937. The van der Waals surface area contributed by atoms with Gasteiger partial charge in [-0.3, -0.25) is 14.5 Å². The van der Waals surface area contributed by atoms with Crippen LogP contribution in [0.5, 0.6) is 0 Å². The average molecular weight is 436 g/mol. The first kappa shape index (κ1) is 22.2. The third kappa shape index (κ3) is 5.82. The van der Waals surface area contributed by atoms with Gasteiger partial charge in [-0.15, -0.1) is 0 Å². The molecule has 32 heavy (non-hydrogen) atoms. The van der Waals surface area contributed by atoms with Crippen molar-refractivity contribution in [3.05, 3.63) is 78.1 Å². The Balaban J connectivity index is 1.28. The molecule has 0 saturated carbocycles. The molecule has 0 aromatic heterocycles. The molecule has 0 bridgehead atoms. The molecule has 0 radical (unpaired) electrons. The molecule has 0 spiro atoms. The Labute approximate surface area is 188 Å². The van der Waals surface area contributed by atoms with Crippen LogP contribution < -0.4 is 5.32 Å². The van der Waals surface area contributed by atoms with Gasteiger partial charge in [-0.2, -0.15) is 0 Å². The van der Waals surface area contributed by atoms with E-state index in [1.165, 1.54) is 12.1 Å². The molecule has 1 fully saturated rings. The van der Waals surface area contributed by atoms with Crippen LogP contribution in [0.3, 0.4) is 0 Å². The largest absolute Gasteiger partial charge is 0.334 e.